The maximum atomic E-state index is 10.9. The molecule has 1 heterocycles. The standard InChI is InChI=1S/C13H16BrNO4/c14-11-3-1-9(2-4-11)13(19)5-6-15(12(17)18)7-10(13)8-16/h1-4,10,16,19H,5-8H2,(H,17,18)/p-1. The van der Waals surface area contributed by atoms with Gasteiger partial charge in [0, 0.05) is 23.5 Å². The fourth-order valence-corrected chi connectivity index (χ4v) is 2.78. The Hall–Kier alpha value is -1.11. The van der Waals surface area contributed by atoms with Gasteiger partial charge in [0.15, 0.2) is 0 Å². The number of amides is 1. The van der Waals surface area contributed by atoms with E-state index in [-0.39, 0.29) is 26.1 Å². The molecule has 1 amide bonds. The molecule has 1 aliphatic rings. The van der Waals surface area contributed by atoms with Gasteiger partial charge in [-0.2, -0.15) is 0 Å². The molecule has 5 nitrogen and oxygen atoms in total. The number of benzene rings is 1. The molecule has 2 rings (SSSR count). The maximum absolute atomic E-state index is 10.9. The fourth-order valence-electron chi connectivity index (χ4n) is 2.51. The number of carbonyl (C=O) groups excluding carboxylic acids is 1. The number of hydrogen-bond acceptors (Lipinski definition) is 4. The van der Waals surface area contributed by atoms with Gasteiger partial charge in [-0.25, -0.2) is 0 Å². The molecule has 2 N–H and O–H groups in total. The first-order chi connectivity index (χ1) is 8.97. The number of halogens is 1. The van der Waals surface area contributed by atoms with Crippen LogP contribution in [0.5, 0.6) is 0 Å². The van der Waals surface area contributed by atoms with Gasteiger partial charge in [-0.3, -0.25) is 0 Å². The summed E-state index contributed by atoms with van der Waals surface area (Å²) in [6, 6.07) is 7.18. The van der Waals surface area contributed by atoms with Gasteiger partial charge < -0.3 is 25.0 Å². The van der Waals surface area contributed by atoms with Crippen LogP contribution in [-0.4, -0.2) is 40.9 Å². The maximum Gasteiger partial charge on any atom is 0.136 e. The lowest BCUT2D eigenvalue weighted by molar-refractivity contribution is -0.270. The first-order valence-corrected chi connectivity index (χ1v) is 6.82. The third kappa shape index (κ3) is 2.75. The Kier molecular flexibility index (Phi) is 4.13. The van der Waals surface area contributed by atoms with Crippen LogP contribution in [0.2, 0.25) is 0 Å². The summed E-state index contributed by atoms with van der Waals surface area (Å²) >= 11 is 3.32. The van der Waals surface area contributed by atoms with Crippen LogP contribution in [0.15, 0.2) is 28.7 Å². The highest BCUT2D eigenvalue weighted by atomic mass is 79.9. The molecule has 104 valence electrons. The van der Waals surface area contributed by atoms with E-state index >= 15 is 0 Å². The largest absolute Gasteiger partial charge is 0.530 e. The quantitative estimate of drug-likeness (QED) is 0.817. The second-order valence-electron chi connectivity index (χ2n) is 4.77. The van der Waals surface area contributed by atoms with Crippen LogP contribution in [0.1, 0.15) is 12.0 Å². The molecular weight excluding hydrogens is 314 g/mol. The minimum absolute atomic E-state index is 0.0748. The second kappa shape index (κ2) is 5.48. The summed E-state index contributed by atoms with van der Waals surface area (Å²) in [6.07, 6.45) is -1.02. The first-order valence-electron chi connectivity index (χ1n) is 6.02. The van der Waals surface area contributed by atoms with Crippen molar-refractivity contribution in [2.45, 2.75) is 12.0 Å². The molecule has 0 aliphatic carbocycles. The summed E-state index contributed by atoms with van der Waals surface area (Å²) in [7, 11) is 0. The number of rotatable bonds is 2. The Morgan fingerprint density at radius 1 is 1.47 bits per heavy atom. The fraction of sp³-hybridized carbons (Fsp3) is 0.462. The third-order valence-electron chi connectivity index (χ3n) is 3.70. The van der Waals surface area contributed by atoms with Crippen LogP contribution in [-0.2, 0) is 5.60 Å². The Bertz CT molecular complexity index is 464. The van der Waals surface area contributed by atoms with E-state index in [0.29, 0.717) is 5.56 Å². The first kappa shape index (κ1) is 14.3. The molecule has 1 fully saturated rings. The summed E-state index contributed by atoms with van der Waals surface area (Å²) in [6.45, 7) is -0.00681. The number of piperidine rings is 1. The average molecular weight is 329 g/mol. The van der Waals surface area contributed by atoms with E-state index in [9.17, 15) is 20.1 Å². The Labute approximate surface area is 119 Å². The van der Waals surface area contributed by atoms with Crippen LogP contribution in [0.4, 0.5) is 4.79 Å². The van der Waals surface area contributed by atoms with Crippen LogP contribution in [0.3, 0.4) is 0 Å². The molecule has 6 heteroatoms. The Balaban J connectivity index is 2.27. The van der Waals surface area contributed by atoms with Crippen molar-refractivity contribution in [1.29, 1.82) is 0 Å². The minimum atomic E-state index is -1.27. The van der Waals surface area contributed by atoms with Gasteiger partial charge in [0.05, 0.1) is 12.2 Å². The molecule has 2 atom stereocenters. The topological polar surface area (TPSA) is 83.8 Å². The second-order valence-corrected chi connectivity index (χ2v) is 5.69. The molecule has 2 unspecified atom stereocenters. The van der Waals surface area contributed by atoms with E-state index in [0.717, 1.165) is 9.37 Å². The minimum Gasteiger partial charge on any atom is -0.530 e. The molecule has 1 saturated heterocycles. The van der Waals surface area contributed by atoms with Gasteiger partial charge in [0.2, 0.25) is 0 Å². The number of carboxylic acid groups (broad SMARTS) is 1. The highest BCUT2D eigenvalue weighted by Crippen LogP contribution is 2.37. The van der Waals surface area contributed by atoms with Gasteiger partial charge in [0.1, 0.15) is 6.09 Å². The molecule has 1 aliphatic heterocycles. The van der Waals surface area contributed by atoms with E-state index in [1.807, 2.05) is 12.1 Å². The van der Waals surface area contributed by atoms with Gasteiger partial charge in [-0.1, -0.05) is 28.1 Å². The molecule has 19 heavy (non-hydrogen) atoms. The van der Waals surface area contributed by atoms with E-state index in [2.05, 4.69) is 15.9 Å². The molecule has 0 spiro atoms. The summed E-state index contributed by atoms with van der Waals surface area (Å²) in [4.78, 5) is 12.0. The van der Waals surface area contributed by atoms with Gasteiger partial charge >= 0.3 is 0 Å². The van der Waals surface area contributed by atoms with E-state index in [4.69, 9.17) is 0 Å². The van der Waals surface area contributed by atoms with Crippen molar-refractivity contribution in [1.82, 2.24) is 4.90 Å². The lowest BCUT2D eigenvalue weighted by Gasteiger charge is -2.45. The normalized spacial score (nSPS) is 27.3. The highest BCUT2D eigenvalue weighted by Gasteiger charge is 2.42. The number of nitrogens with zero attached hydrogens (tertiary/aromatic N) is 1. The molecular formula is C13H15BrNO4-. The van der Waals surface area contributed by atoms with Crippen molar-refractivity contribution in [3.63, 3.8) is 0 Å². The van der Waals surface area contributed by atoms with Crippen molar-refractivity contribution >= 4 is 22.0 Å². The number of aliphatic hydroxyl groups is 2. The summed E-state index contributed by atoms with van der Waals surface area (Å²) < 4.78 is 0.896. The molecule has 0 radical (unpaired) electrons. The van der Waals surface area contributed by atoms with Crippen molar-refractivity contribution in [3.8, 4) is 0 Å². The Morgan fingerprint density at radius 2 is 2.11 bits per heavy atom. The van der Waals surface area contributed by atoms with Gasteiger partial charge in [-0.15, -0.1) is 0 Å². The molecule has 0 saturated carbocycles. The van der Waals surface area contributed by atoms with E-state index in [1.165, 1.54) is 0 Å². The average Bonchev–Trinajstić information content (AvgIpc) is 2.39. The molecule has 1 aromatic rings. The number of hydrogen-bond donors (Lipinski definition) is 2. The van der Waals surface area contributed by atoms with E-state index in [1.54, 1.807) is 12.1 Å². The van der Waals surface area contributed by atoms with Crippen molar-refractivity contribution in [2.24, 2.45) is 5.92 Å². The lowest BCUT2D eigenvalue weighted by atomic mass is 9.76. The Morgan fingerprint density at radius 3 is 2.63 bits per heavy atom. The summed E-state index contributed by atoms with van der Waals surface area (Å²) in [5.74, 6) is -0.555. The van der Waals surface area contributed by atoms with Crippen LogP contribution < -0.4 is 5.11 Å². The zero-order valence-electron chi connectivity index (χ0n) is 10.3. The predicted octanol–water partition coefficient (Wildman–Crippen LogP) is 0.294. The van der Waals surface area contributed by atoms with Crippen molar-refractivity contribution < 1.29 is 20.1 Å². The zero-order chi connectivity index (χ0) is 14.0. The zero-order valence-corrected chi connectivity index (χ0v) is 11.8. The molecule has 0 aromatic heterocycles. The monoisotopic (exact) mass is 328 g/mol. The van der Waals surface area contributed by atoms with E-state index < -0.39 is 17.6 Å². The van der Waals surface area contributed by atoms with Crippen LogP contribution >= 0.6 is 15.9 Å². The van der Waals surface area contributed by atoms with Gasteiger partial charge in [-0.05, 0) is 24.1 Å². The summed E-state index contributed by atoms with van der Waals surface area (Å²) in [5.41, 5.74) is -0.519. The predicted molar refractivity (Wildman–Crippen MR) is 70.2 cm³/mol. The smallest absolute Gasteiger partial charge is 0.136 e. The van der Waals surface area contributed by atoms with Crippen LogP contribution in [0, 0.1) is 5.92 Å². The lowest BCUT2D eigenvalue weighted by Crippen LogP contribution is -2.55. The molecule has 1 aromatic carbocycles. The number of carbonyl (C=O) groups is 1. The van der Waals surface area contributed by atoms with Gasteiger partial charge in [0.25, 0.3) is 0 Å². The highest BCUT2D eigenvalue weighted by molar-refractivity contribution is 9.10. The molecule has 0 bridgehead atoms. The number of aliphatic hydroxyl groups excluding tert-OH is 1. The summed E-state index contributed by atoms with van der Waals surface area (Å²) in [5, 5.41) is 31.1. The number of likely N-dealkylation sites (tertiary alicyclic amines) is 1. The van der Waals surface area contributed by atoms with Crippen molar-refractivity contribution in [2.75, 3.05) is 19.7 Å². The van der Waals surface area contributed by atoms with Crippen molar-refractivity contribution in [3.05, 3.63) is 34.3 Å². The SMILES string of the molecule is O=C([O-])N1CCC(O)(c2ccc(Br)cc2)C(CO)C1. The third-order valence-corrected chi connectivity index (χ3v) is 4.23. The van der Waals surface area contributed by atoms with Crippen LogP contribution in [0.25, 0.3) is 0 Å².